The zero-order chi connectivity index (χ0) is 14.0. The van der Waals surface area contributed by atoms with Crippen LogP contribution in [0, 0.1) is 0 Å². The highest BCUT2D eigenvalue weighted by Gasteiger charge is 2.33. The van der Waals surface area contributed by atoms with E-state index < -0.39 is 0 Å². The largest absolute Gasteiger partial charge is 0.497 e. The van der Waals surface area contributed by atoms with Crippen molar-refractivity contribution in [2.24, 2.45) is 0 Å². The van der Waals surface area contributed by atoms with Gasteiger partial charge < -0.3 is 19.3 Å². The second-order valence-corrected chi connectivity index (χ2v) is 5.09. The molecule has 2 heterocycles. The summed E-state index contributed by atoms with van der Waals surface area (Å²) in [5.74, 6) is 1.79. The van der Waals surface area contributed by atoms with Gasteiger partial charge in [-0.05, 0) is 19.1 Å². The van der Waals surface area contributed by atoms with Crippen LogP contribution >= 0.6 is 0 Å². The van der Waals surface area contributed by atoms with Crippen molar-refractivity contribution in [3.63, 3.8) is 0 Å². The molecule has 3 rings (SSSR count). The minimum Gasteiger partial charge on any atom is -0.497 e. The Balaban J connectivity index is 1.69. The molecule has 1 aromatic carbocycles. The number of ether oxygens (including phenoxy) is 2. The van der Waals surface area contributed by atoms with Gasteiger partial charge in [-0.1, -0.05) is 17.3 Å². The Morgan fingerprint density at radius 2 is 2.25 bits per heavy atom. The molecular weight excluding hydrogens is 258 g/mol. The fourth-order valence-corrected chi connectivity index (χ4v) is 2.01. The van der Waals surface area contributed by atoms with E-state index in [1.54, 1.807) is 7.11 Å². The molecule has 0 unspecified atom stereocenters. The first-order chi connectivity index (χ1) is 9.68. The van der Waals surface area contributed by atoms with E-state index in [1.807, 2.05) is 24.3 Å². The summed E-state index contributed by atoms with van der Waals surface area (Å²) in [4.78, 5) is 4.34. The molecule has 1 aromatic heterocycles. The van der Waals surface area contributed by atoms with Gasteiger partial charge in [0.1, 0.15) is 12.4 Å². The SMILES string of the molecule is COc1cccc(-c2noc(COC3(C)CNC3)n2)c1. The van der Waals surface area contributed by atoms with E-state index in [2.05, 4.69) is 22.4 Å². The predicted octanol–water partition coefficient (Wildman–Crippen LogP) is 1.62. The molecule has 1 N–H and O–H groups in total. The van der Waals surface area contributed by atoms with Crippen molar-refractivity contribution in [1.29, 1.82) is 0 Å². The maximum Gasteiger partial charge on any atom is 0.252 e. The van der Waals surface area contributed by atoms with E-state index in [0.29, 0.717) is 18.3 Å². The molecule has 1 aliphatic heterocycles. The fourth-order valence-electron chi connectivity index (χ4n) is 2.01. The number of hydrogen-bond acceptors (Lipinski definition) is 6. The summed E-state index contributed by atoms with van der Waals surface area (Å²) in [6.45, 7) is 4.09. The van der Waals surface area contributed by atoms with Gasteiger partial charge in [0.15, 0.2) is 0 Å². The third kappa shape index (κ3) is 2.66. The average molecular weight is 275 g/mol. The highest BCUT2D eigenvalue weighted by Crippen LogP contribution is 2.22. The standard InChI is InChI=1S/C14H17N3O3/c1-14(8-15-9-14)19-7-12-16-13(17-20-12)10-4-3-5-11(6-10)18-2/h3-6,15H,7-9H2,1-2H3. The molecule has 0 aliphatic carbocycles. The minimum atomic E-state index is -0.120. The Morgan fingerprint density at radius 1 is 1.40 bits per heavy atom. The van der Waals surface area contributed by atoms with Crippen molar-refractivity contribution in [3.05, 3.63) is 30.2 Å². The Labute approximate surface area is 117 Å². The number of methoxy groups -OCH3 is 1. The molecule has 0 bridgehead atoms. The van der Waals surface area contributed by atoms with E-state index in [9.17, 15) is 0 Å². The molecule has 20 heavy (non-hydrogen) atoms. The van der Waals surface area contributed by atoms with E-state index in [1.165, 1.54) is 0 Å². The van der Waals surface area contributed by atoms with Gasteiger partial charge in [0, 0.05) is 18.7 Å². The van der Waals surface area contributed by atoms with Crippen molar-refractivity contribution in [2.75, 3.05) is 20.2 Å². The first-order valence-corrected chi connectivity index (χ1v) is 6.50. The molecular formula is C14H17N3O3. The Kier molecular flexibility index (Phi) is 3.42. The molecule has 6 heteroatoms. The van der Waals surface area contributed by atoms with Gasteiger partial charge in [-0.2, -0.15) is 4.98 Å². The number of nitrogens with zero attached hydrogens (tertiary/aromatic N) is 2. The lowest BCUT2D eigenvalue weighted by Gasteiger charge is -2.38. The first-order valence-electron chi connectivity index (χ1n) is 6.50. The van der Waals surface area contributed by atoms with E-state index in [4.69, 9.17) is 14.0 Å². The van der Waals surface area contributed by atoms with Gasteiger partial charge in [0.05, 0.1) is 12.7 Å². The summed E-state index contributed by atoms with van der Waals surface area (Å²) in [5, 5.41) is 7.15. The van der Waals surface area contributed by atoms with Crippen LogP contribution in [0.15, 0.2) is 28.8 Å². The smallest absolute Gasteiger partial charge is 0.252 e. The van der Waals surface area contributed by atoms with Gasteiger partial charge >= 0.3 is 0 Å². The minimum absolute atomic E-state index is 0.120. The lowest BCUT2D eigenvalue weighted by atomic mass is 10.0. The molecule has 0 amide bonds. The summed E-state index contributed by atoms with van der Waals surface area (Å²) >= 11 is 0. The Bertz CT molecular complexity index is 593. The third-order valence-electron chi connectivity index (χ3n) is 3.34. The van der Waals surface area contributed by atoms with Crippen molar-refractivity contribution < 1.29 is 14.0 Å². The lowest BCUT2D eigenvalue weighted by molar-refractivity contribution is -0.0841. The van der Waals surface area contributed by atoms with Crippen LogP contribution in [0.25, 0.3) is 11.4 Å². The summed E-state index contributed by atoms with van der Waals surface area (Å²) < 4.78 is 16.2. The van der Waals surface area contributed by atoms with Crippen molar-refractivity contribution in [3.8, 4) is 17.1 Å². The van der Waals surface area contributed by atoms with Crippen molar-refractivity contribution >= 4 is 0 Å². The summed E-state index contributed by atoms with van der Waals surface area (Å²) in [7, 11) is 1.63. The van der Waals surface area contributed by atoms with Crippen LogP contribution in [0.5, 0.6) is 5.75 Å². The number of rotatable bonds is 5. The normalized spacial score (nSPS) is 16.7. The Morgan fingerprint density at radius 3 is 2.95 bits per heavy atom. The number of aromatic nitrogens is 2. The second kappa shape index (κ2) is 5.22. The number of benzene rings is 1. The summed E-state index contributed by atoms with van der Waals surface area (Å²) in [5.41, 5.74) is 0.737. The predicted molar refractivity (Wildman–Crippen MR) is 72.3 cm³/mol. The Hall–Kier alpha value is -1.92. The quantitative estimate of drug-likeness (QED) is 0.894. The van der Waals surface area contributed by atoms with E-state index in [-0.39, 0.29) is 5.60 Å². The summed E-state index contributed by atoms with van der Waals surface area (Å²) in [6, 6.07) is 7.54. The topological polar surface area (TPSA) is 69.4 Å². The highest BCUT2D eigenvalue weighted by atomic mass is 16.5. The second-order valence-electron chi connectivity index (χ2n) is 5.09. The maximum atomic E-state index is 5.76. The van der Waals surface area contributed by atoms with Crippen molar-refractivity contribution in [1.82, 2.24) is 15.5 Å². The third-order valence-corrected chi connectivity index (χ3v) is 3.34. The molecule has 1 aliphatic rings. The molecule has 106 valence electrons. The number of hydrogen-bond donors (Lipinski definition) is 1. The van der Waals surface area contributed by atoms with Crippen LogP contribution in [0.3, 0.4) is 0 Å². The zero-order valence-corrected chi connectivity index (χ0v) is 11.5. The first kappa shape index (κ1) is 13.1. The van der Waals surface area contributed by atoms with Gasteiger partial charge in [-0.25, -0.2) is 0 Å². The van der Waals surface area contributed by atoms with Gasteiger partial charge in [-0.15, -0.1) is 0 Å². The van der Waals surface area contributed by atoms with Crippen molar-refractivity contribution in [2.45, 2.75) is 19.1 Å². The maximum absolute atomic E-state index is 5.76. The van der Waals surface area contributed by atoms with Gasteiger partial charge in [0.2, 0.25) is 5.82 Å². The lowest BCUT2D eigenvalue weighted by Crippen LogP contribution is -2.58. The zero-order valence-electron chi connectivity index (χ0n) is 11.5. The van der Waals surface area contributed by atoms with Gasteiger partial charge in [-0.3, -0.25) is 0 Å². The fraction of sp³-hybridized carbons (Fsp3) is 0.429. The molecule has 0 saturated carbocycles. The molecule has 1 fully saturated rings. The van der Waals surface area contributed by atoms with Crippen LogP contribution in [-0.4, -0.2) is 35.9 Å². The molecule has 0 radical (unpaired) electrons. The van der Waals surface area contributed by atoms with E-state index >= 15 is 0 Å². The monoisotopic (exact) mass is 275 g/mol. The molecule has 2 aromatic rings. The highest BCUT2D eigenvalue weighted by molar-refractivity contribution is 5.56. The molecule has 6 nitrogen and oxygen atoms in total. The summed E-state index contributed by atoms with van der Waals surface area (Å²) in [6.07, 6.45) is 0. The van der Waals surface area contributed by atoms with Crippen LogP contribution in [0.1, 0.15) is 12.8 Å². The van der Waals surface area contributed by atoms with Crippen LogP contribution in [0.2, 0.25) is 0 Å². The molecule has 1 saturated heterocycles. The van der Waals surface area contributed by atoms with E-state index in [0.717, 1.165) is 24.4 Å². The van der Waals surface area contributed by atoms with Gasteiger partial charge in [0.25, 0.3) is 5.89 Å². The van der Waals surface area contributed by atoms with Crippen LogP contribution < -0.4 is 10.1 Å². The molecule has 0 spiro atoms. The van der Waals surface area contributed by atoms with Crippen LogP contribution in [0.4, 0.5) is 0 Å². The number of nitrogens with one attached hydrogen (secondary N) is 1. The van der Waals surface area contributed by atoms with Crippen LogP contribution in [-0.2, 0) is 11.3 Å². The molecule has 0 atom stereocenters. The average Bonchev–Trinajstić information content (AvgIpc) is 2.92.